The van der Waals surface area contributed by atoms with Crippen LogP contribution in [0.15, 0.2) is 0 Å². The van der Waals surface area contributed by atoms with Crippen LogP contribution in [0.3, 0.4) is 0 Å². The second-order valence-electron chi connectivity index (χ2n) is 4.75. The minimum absolute atomic E-state index is 0.0197. The normalized spacial score (nSPS) is 38.5. The molecule has 1 aliphatic heterocycles. The summed E-state index contributed by atoms with van der Waals surface area (Å²) in [5.74, 6) is -0.643. The number of carbonyl (C=O) groups is 1. The second-order valence-corrected chi connectivity index (χ2v) is 4.75. The zero-order valence-corrected chi connectivity index (χ0v) is 9.49. The minimum atomic E-state index is -0.500. The van der Waals surface area contributed by atoms with Crippen molar-refractivity contribution in [2.24, 2.45) is 5.92 Å². The Balaban J connectivity index is 1.98. The van der Waals surface area contributed by atoms with Crippen molar-refractivity contribution < 1.29 is 19.0 Å². The average Bonchev–Trinajstić information content (AvgIpc) is 2.49. The maximum atomic E-state index is 11.4. The van der Waals surface area contributed by atoms with E-state index in [4.69, 9.17) is 14.2 Å². The third kappa shape index (κ3) is 2.16. The smallest absolute Gasteiger partial charge is 0.308 e. The lowest BCUT2D eigenvalue weighted by Gasteiger charge is -2.27. The lowest BCUT2D eigenvalue weighted by Crippen LogP contribution is -2.34. The van der Waals surface area contributed by atoms with E-state index in [1.807, 2.05) is 13.8 Å². The first kappa shape index (κ1) is 10.9. The van der Waals surface area contributed by atoms with E-state index in [9.17, 15) is 4.79 Å². The highest BCUT2D eigenvalue weighted by atomic mass is 16.7. The molecule has 0 radical (unpaired) electrons. The Bertz CT molecular complexity index is 261. The number of esters is 1. The van der Waals surface area contributed by atoms with Gasteiger partial charge in [0.1, 0.15) is 0 Å². The van der Waals surface area contributed by atoms with Gasteiger partial charge in [-0.1, -0.05) is 0 Å². The second kappa shape index (κ2) is 3.76. The summed E-state index contributed by atoms with van der Waals surface area (Å²) >= 11 is 0. The van der Waals surface area contributed by atoms with Crippen molar-refractivity contribution in [1.82, 2.24) is 0 Å². The van der Waals surface area contributed by atoms with Gasteiger partial charge in [-0.2, -0.15) is 0 Å². The molecule has 0 aromatic carbocycles. The van der Waals surface area contributed by atoms with Crippen LogP contribution in [0.4, 0.5) is 0 Å². The van der Waals surface area contributed by atoms with Crippen LogP contribution in [0.25, 0.3) is 0 Å². The van der Waals surface area contributed by atoms with E-state index >= 15 is 0 Å². The number of carbonyl (C=O) groups excluding carboxylic acids is 1. The maximum absolute atomic E-state index is 11.4. The summed E-state index contributed by atoms with van der Waals surface area (Å²) in [5, 5.41) is 0. The van der Waals surface area contributed by atoms with Crippen molar-refractivity contribution in [1.29, 1.82) is 0 Å². The number of hydrogen-bond donors (Lipinski definition) is 0. The van der Waals surface area contributed by atoms with Gasteiger partial charge < -0.3 is 14.2 Å². The van der Waals surface area contributed by atoms with Gasteiger partial charge in [0.05, 0.1) is 25.2 Å². The molecule has 0 bridgehead atoms. The topological polar surface area (TPSA) is 44.8 Å². The first-order valence-electron chi connectivity index (χ1n) is 5.45. The monoisotopic (exact) mass is 214 g/mol. The molecule has 0 aromatic rings. The summed E-state index contributed by atoms with van der Waals surface area (Å²) in [4.78, 5) is 11.4. The molecule has 0 spiro atoms. The zero-order chi connectivity index (χ0) is 11.1. The summed E-state index contributed by atoms with van der Waals surface area (Å²) in [6.07, 6.45) is 2.65. The lowest BCUT2D eigenvalue weighted by molar-refractivity contribution is -0.151. The summed E-state index contributed by atoms with van der Waals surface area (Å²) in [6, 6.07) is 0. The predicted molar refractivity (Wildman–Crippen MR) is 53.2 cm³/mol. The van der Waals surface area contributed by atoms with Crippen molar-refractivity contribution in [2.75, 3.05) is 7.11 Å². The summed E-state index contributed by atoms with van der Waals surface area (Å²) in [7, 11) is 1.43. The zero-order valence-electron chi connectivity index (χ0n) is 9.49. The first-order valence-corrected chi connectivity index (χ1v) is 5.45. The molecule has 1 unspecified atom stereocenters. The fourth-order valence-corrected chi connectivity index (χ4v) is 2.50. The van der Waals surface area contributed by atoms with E-state index in [0.717, 1.165) is 19.3 Å². The largest absolute Gasteiger partial charge is 0.469 e. The Hall–Kier alpha value is -0.610. The molecule has 15 heavy (non-hydrogen) atoms. The molecule has 0 N–H and O–H groups in total. The number of rotatable bonds is 1. The van der Waals surface area contributed by atoms with Crippen molar-refractivity contribution in [2.45, 2.75) is 51.1 Å². The average molecular weight is 214 g/mol. The van der Waals surface area contributed by atoms with Crippen molar-refractivity contribution in [3.05, 3.63) is 0 Å². The Morgan fingerprint density at radius 2 is 1.93 bits per heavy atom. The van der Waals surface area contributed by atoms with E-state index < -0.39 is 5.79 Å². The molecule has 4 heteroatoms. The summed E-state index contributed by atoms with van der Waals surface area (Å²) in [6.45, 7) is 3.83. The fraction of sp³-hybridized carbons (Fsp3) is 0.909. The van der Waals surface area contributed by atoms with Crippen LogP contribution in [-0.4, -0.2) is 31.1 Å². The molecule has 2 aliphatic rings. The van der Waals surface area contributed by atoms with Crippen LogP contribution in [0.5, 0.6) is 0 Å². The first-order chi connectivity index (χ1) is 7.02. The molecule has 1 aliphatic carbocycles. The molecule has 0 amide bonds. The third-order valence-electron chi connectivity index (χ3n) is 3.14. The standard InChI is InChI=1S/C11H18O4/c1-11(2)14-8-5-4-7(10(12)13-3)6-9(8)15-11/h7-9H,4-6H2,1-3H3/t7?,8-,9+/m0/s1. The highest BCUT2D eigenvalue weighted by molar-refractivity contribution is 5.72. The number of methoxy groups -OCH3 is 1. The molecular weight excluding hydrogens is 196 g/mol. The molecular formula is C11H18O4. The van der Waals surface area contributed by atoms with E-state index in [1.165, 1.54) is 7.11 Å². The Kier molecular flexibility index (Phi) is 2.73. The molecule has 3 atom stereocenters. The van der Waals surface area contributed by atoms with Crippen LogP contribution < -0.4 is 0 Å². The molecule has 1 heterocycles. The molecule has 1 saturated heterocycles. The number of ether oxygens (including phenoxy) is 3. The minimum Gasteiger partial charge on any atom is -0.469 e. The summed E-state index contributed by atoms with van der Waals surface area (Å²) in [5.41, 5.74) is 0. The molecule has 4 nitrogen and oxygen atoms in total. The Morgan fingerprint density at radius 3 is 2.60 bits per heavy atom. The highest BCUT2D eigenvalue weighted by Gasteiger charge is 2.45. The van der Waals surface area contributed by atoms with Crippen LogP contribution in [-0.2, 0) is 19.0 Å². The SMILES string of the molecule is COC(=O)C1CC[C@@H]2OC(C)(C)O[C@@H]2C1. The van der Waals surface area contributed by atoms with Gasteiger partial charge in [0.15, 0.2) is 5.79 Å². The van der Waals surface area contributed by atoms with E-state index in [-0.39, 0.29) is 24.1 Å². The van der Waals surface area contributed by atoms with Crippen LogP contribution in [0, 0.1) is 5.92 Å². The van der Waals surface area contributed by atoms with Gasteiger partial charge in [-0.15, -0.1) is 0 Å². The van der Waals surface area contributed by atoms with Crippen molar-refractivity contribution in [3.63, 3.8) is 0 Å². The van der Waals surface area contributed by atoms with E-state index in [0.29, 0.717) is 0 Å². The Labute approximate surface area is 89.9 Å². The molecule has 2 rings (SSSR count). The quantitative estimate of drug-likeness (QED) is 0.620. The van der Waals surface area contributed by atoms with Gasteiger partial charge in [0.25, 0.3) is 0 Å². The number of hydrogen-bond acceptors (Lipinski definition) is 4. The van der Waals surface area contributed by atoms with Gasteiger partial charge in [0, 0.05) is 0 Å². The number of fused-ring (bicyclic) bond motifs is 1. The van der Waals surface area contributed by atoms with Crippen molar-refractivity contribution in [3.8, 4) is 0 Å². The highest BCUT2D eigenvalue weighted by Crippen LogP contribution is 2.39. The van der Waals surface area contributed by atoms with Crippen LogP contribution in [0.1, 0.15) is 33.1 Å². The van der Waals surface area contributed by atoms with Crippen LogP contribution >= 0.6 is 0 Å². The van der Waals surface area contributed by atoms with Gasteiger partial charge in [-0.05, 0) is 33.1 Å². The molecule has 1 saturated carbocycles. The van der Waals surface area contributed by atoms with Crippen molar-refractivity contribution >= 4 is 5.97 Å². The van der Waals surface area contributed by atoms with E-state index in [1.54, 1.807) is 0 Å². The fourth-order valence-electron chi connectivity index (χ4n) is 2.50. The Morgan fingerprint density at radius 1 is 1.27 bits per heavy atom. The lowest BCUT2D eigenvalue weighted by atomic mass is 9.85. The predicted octanol–water partition coefficient (Wildman–Crippen LogP) is 1.48. The molecule has 86 valence electrons. The van der Waals surface area contributed by atoms with Crippen LogP contribution in [0.2, 0.25) is 0 Å². The van der Waals surface area contributed by atoms with Gasteiger partial charge >= 0.3 is 5.97 Å². The molecule has 2 fully saturated rings. The van der Waals surface area contributed by atoms with Gasteiger partial charge in [-0.3, -0.25) is 4.79 Å². The maximum Gasteiger partial charge on any atom is 0.308 e. The summed E-state index contributed by atoms with van der Waals surface area (Å²) < 4.78 is 16.2. The van der Waals surface area contributed by atoms with Gasteiger partial charge in [0.2, 0.25) is 0 Å². The third-order valence-corrected chi connectivity index (χ3v) is 3.14. The van der Waals surface area contributed by atoms with Gasteiger partial charge in [-0.25, -0.2) is 0 Å². The molecule has 0 aromatic heterocycles. The van der Waals surface area contributed by atoms with E-state index in [2.05, 4.69) is 0 Å².